The molecule has 1 N–H and O–H groups in total. The molecule has 106 valence electrons. The number of carboxylic acid groups (broad SMARTS) is 1. The fourth-order valence-electron chi connectivity index (χ4n) is 2.18. The Bertz CT molecular complexity index is 450. The van der Waals surface area contributed by atoms with E-state index in [2.05, 4.69) is 13.0 Å². The lowest BCUT2D eigenvalue weighted by Gasteiger charge is -2.18. The highest BCUT2D eigenvalue weighted by Gasteiger charge is 2.21. The van der Waals surface area contributed by atoms with Crippen LogP contribution in [0.25, 0.3) is 0 Å². The zero-order valence-electron chi connectivity index (χ0n) is 12.5. The fraction of sp³-hybridized carbons (Fsp3) is 0.562. The summed E-state index contributed by atoms with van der Waals surface area (Å²) in [7, 11) is 0. The Hall–Kier alpha value is -1.51. The number of carboxylic acids is 1. The quantitative estimate of drug-likeness (QED) is 0.851. The van der Waals surface area contributed by atoms with Gasteiger partial charge < -0.3 is 9.84 Å². The van der Waals surface area contributed by atoms with Gasteiger partial charge in [0.2, 0.25) is 0 Å². The average molecular weight is 264 g/mol. The lowest BCUT2D eigenvalue weighted by molar-refractivity contribution is -0.143. The standard InChI is InChI=1S/C16H24O3/c1-10(2)14(16(17)18)8-9-19-15-12(4)7-6-11(3)13(15)5/h6-7,10,14H,8-9H2,1-5H3,(H,17,18). The number of ether oxygens (including phenoxy) is 1. The van der Waals surface area contributed by atoms with E-state index in [0.29, 0.717) is 13.0 Å². The SMILES string of the molecule is Cc1ccc(C)c(OCCC(C(=O)O)C(C)C)c1C. The zero-order valence-corrected chi connectivity index (χ0v) is 12.5. The Morgan fingerprint density at radius 3 is 2.32 bits per heavy atom. The molecule has 1 rings (SSSR count). The van der Waals surface area contributed by atoms with Crippen molar-refractivity contribution < 1.29 is 14.6 Å². The van der Waals surface area contributed by atoms with Gasteiger partial charge >= 0.3 is 5.97 Å². The molecule has 0 aromatic heterocycles. The molecule has 3 nitrogen and oxygen atoms in total. The van der Waals surface area contributed by atoms with Gasteiger partial charge in [0.05, 0.1) is 12.5 Å². The smallest absolute Gasteiger partial charge is 0.306 e. The minimum atomic E-state index is -0.740. The van der Waals surface area contributed by atoms with Crippen LogP contribution in [0.3, 0.4) is 0 Å². The molecular formula is C16H24O3. The summed E-state index contributed by atoms with van der Waals surface area (Å²) in [6.07, 6.45) is 0.541. The van der Waals surface area contributed by atoms with Gasteiger partial charge in [0.25, 0.3) is 0 Å². The van der Waals surface area contributed by atoms with E-state index in [9.17, 15) is 4.79 Å². The molecule has 0 saturated carbocycles. The number of aliphatic carboxylic acids is 1. The largest absolute Gasteiger partial charge is 0.493 e. The first-order valence-corrected chi connectivity index (χ1v) is 6.77. The molecule has 0 aliphatic rings. The number of hydrogen-bond acceptors (Lipinski definition) is 2. The third-order valence-corrected chi connectivity index (χ3v) is 3.67. The van der Waals surface area contributed by atoms with Gasteiger partial charge in [0, 0.05) is 0 Å². The predicted octanol–water partition coefficient (Wildman–Crippen LogP) is 3.74. The lowest BCUT2D eigenvalue weighted by Crippen LogP contribution is -2.22. The highest BCUT2D eigenvalue weighted by molar-refractivity contribution is 5.70. The van der Waals surface area contributed by atoms with Crippen molar-refractivity contribution in [3.05, 3.63) is 28.8 Å². The summed E-state index contributed by atoms with van der Waals surface area (Å²) in [5, 5.41) is 9.14. The molecule has 0 aliphatic carbocycles. The zero-order chi connectivity index (χ0) is 14.6. The molecule has 0 heterocycles. The van der Waals surface area contributed by atoms with Crippen LogP contribution in [0.15, 0.2) is 12.1 Å². The minimum Gasteiger partial charge on any atom is -0.493 e. The van der Waals surface area contributed by atoms with Crippen LogP contribution >= 0.6 is 0 Å². The van der Waals surface area contributed by atoms with Crippen molar-refractivity contribution in [1.82, 2.24) is 0 Å². The minimum absolute atomic E-state index is 0.126. The van der Waals surface area contributed by atoms with Crippen LogP contribution in [-0.2, 0) is 4.79 Å². The maximum absolute atomic E-state index is 11.1. The summed E-state index contributed by atoms with van der Waals surface area (Å²) in [5.74, 6) is -0.0598. The molecule has 1 aromatic carbocycles. The first-order chi connectivity index (χ1) is 8.84. The molecule has 1 unspecified atom stereocenters. The topological polar surface area (TPSA) is 46.5 Å². The van der Waals surface area contributed by atoms with Crippen molar-refractivity contribution in [1.29, 1.82) is 0 Å². The second-order valence-electron chi connectivity index (χ2n) is 5.48. The van der Waals surface area contributed by atoms with E-state index in [0.717, 1.165) is 16.9 Å². The molecule has 0 fully saturated rings. The summed E-state index contributed by atoms with van der Waals surface area (Å²) in [4.78, 5) is 11.1. The lowest BCUT2D eigenvalue weighted by atomic mass is 9.93. The normalized spacial score (nSPS) is 12.5. The summed E-state index contributed by atoms with van der Waals surface area (Å²) in [6, 6.07) is 4.11. The highest BCUT2D eigenvalue weighted by atomic mass is 16.5. The monoisotopic (exact) mass is 264 g/mol. The number of rotatable bonds is 6. The van der Waals surface area contributed by atoms with Gasteiger partial charge in [-0.3, -0.25) is 4.79 Å². The maximum Gasteiger partial charge on any atom is 0.306 e. The molecule has 0 spiro atoms. The van der Waals surface area contributed by atoms with Crippen molar-refractivity contribution in [2.75, 3.05) is 6.61 Å². The van der Waals surface area contributed by atoms with Crippen molar-refractivity contribution in [3.63, 3.8) is 0 Å². The Morgan fingerprint density at radius 1 is 1.21 bits per heavy atom. The van der Waals surface area contributed by atoms with E-state index in [4.69, 9.17) is 9.84 Å². The molecule has 1 aromatic rings. The molecule has 1 atom stereocenters. The van der Waals surface area contributed by atoms with E-state index in [1.807, 2.05) is 33.8 Å². The molecule has 3 heteroatoms. The van der Waals surface area contributed by atoms with Crippen LogP contribution < -0.4 is 4.74 Å². The van der Waals surface area contributed by atoms with Crippen LogP contribution in [0.5, 0.6) is 5.75 Å². The average Bonchev–Trinajstić information content (AvgIpc) is 2.32. The molecule has 19 heavy (non-hydrogen) atoms. The summed E-state index contributed by atoms with van der Waals surface area (Å²) < 4.78 is 5.82. The van der Waals surface area contributed by atoms with E-state index in [1.165, 1.54) is 5.56 Å². The first-order valence-electron chi connectivity index (χ1n) is 6.77. The Kier molecular flexibility index (Phi) is 5.40. The van der Waals surface area contributed by atoms with Gasteiger partial charge in [0.1, 0.15) is 5.75 Å². The maximum atomic E-state index is 11.1. The van der Waals surface area contributed by atoms with Crippen LogP contribution in [-0.4, -0.2) is 17.7 Å². The van der Waals surface area contributed by atoms with E-state index < -0.39 is 5.97 Å². The molecule has 0 radical (unpaired) electrons. The molecule has 0 amide bonds. The summed E-state index contributed by atoms with van der Waals surface area (Å²) >= 11 is 0. The second kappa shape index (κ2) is 6.60. The Morgan fingerprint density at radius 2 is 1.79 bits per heavy atom. The van der Waals surface area contributed by atoms with Gasteiger partial charge in [-0.2, -0.15) is 0 Å². The van der Waals surface area contributed by atoms with E-state index >= 15 is 0 Å². The third kappa shape index (κ3) is 3.98. The Balaban J connectivity index is 2.68. The van der Waals surface area contributed by atoms with Crippen molar-refractivity contribution in [3.8, 4) is 5.75 Å². The van der Waals surface area contributed by atoms with Crippen molar-refractivity contribution in [2.45, 2.75) is 41.0 Å². The van der Waals surface area contributed by atoms with Crippen molar-refractivity contribution >= 4 is 5.97 Å². The molecular weight excluding hydrogens is 240 g/mol. The van der Waals surface area contributed by atoms with Crippen molar-refractivity contribution in [2.24, 2.45) is 11.8 Å². The van der Waals surface area contributed by atoms with E-state index in [-0.39, 0.29) is 11.8 Å². The van der Waals surface area contributed by atoms with Gasteiger partial charge in [-0.1, -0.05) is 26.0 Å². The number of benzene rings is 1. The first kappa shape index (κ1) is 15.5. The second-order valence-corrected chi connectivity index (χ2v) is 5.48. The van der Waals surface area contributed by atoms with Gasteiger partial charge in [-0.15, -0.1) is 0 Å². The number of carbonyl (C=O) groups is 1. The number of hydrogen-bond donors (Lipinski definition) is 1. The van der Waals surface area contributed by atoms with Crippen LogP contribution in [0.2, 0.25) is 0 Å². The molecule has 0 aliphatic heterocycles. The van der Waals surface area contributed by atoms with E-state index in [1.54, 1.807) is 0 Å². The van der Waals surface area contributed by atoms with Gasteiger partial charge in [-0.25, -0.2) is 0 Å². The molecule has 0 bridgehead atoms. The van der Waals surface area contributed by atoms with Crippen LogP contribution in [0.1, 0.15) is 37.0 Å². The third-order valence-electron chi connectivity index (χ3n) is 3.67. The van der Waals surface area contributed by atoms with Crippen LogP contribution in [0, 0.1) is 32.6 Å². The van der Waals surface area contributed by atoms with Gasteiger partial charge in [-0.05, 0) is 49.8 Å². The Labute approximate surface area is 115 Å². The number of aryl methyl sites for hydroxylation is 2. The summed E-state index contributed by atoms with van der Waals surface area (Å²) in [6.45, 7) is 10.4. The fourth-order valence-corrected chi connectivity index (χ4v) is 2.18. The van der Waals surface area contributed by atoms with Gasteiger partial charge in [0.15, 0.2) is 0 Å². The molecule has 0 saturated heterocycles. The predicted molar refractivity (Wildman–Crippen MR) is 76.7 cm³/mol. The summed E-state index contributed by atoms with van der Waals surface area (Å²) in [5.41, 5.74) is 3.43. The highest BCUT2D eigenvalue weighted by Crippen LogP contribution is 2.26. The van der Waals surface area contributed by atoms with Crippen LogP contribution in [0.4, 0.5) is 0 Å².